The second-order valence-electron chi connectivity index (χ2n) is 4.53. The number of hydrazone groups is 1. The van der Waals surface area contributed by atoms with Crippen molar-refractivity contribution in [2.45, 2.75) is 20.8 Å². The Hall–Kier alpha value is -2.90. The van der Waals surface area contributed by atoms with Gasteiger partial charge in [-0.25, -0.2) is 5.43 Å². The van der Waals surface area contributed by atoms with Gasteiger partial charge in [-0.2, -0.15) is 5.10 Å². The highest BCUT2D eigenvalue weighted by Gasteiger charge is 2.05. The maximum absolute atomic E-state index is 11.4. The van der Waals surface area contributed by atoms with Crippen LogP contribution in [-0.2, 0) is 0 Å². The molecule has 0 bridgehead atoms. The van der Waals surface area contributed by atoms with Gasteiger partial charge in [-0.1, -0.05) is 0 Å². The van der Waals surface area contributed by atoms with Crippen LogP contribution in [0.2, 0.25) is 0 Å². The fourth-order valence-electron chi connectivity index (χ4n) is 1.76. The van der Waals surface area contributed by atoms with Crippen LogP contribution in [0.3, 0.4) is 0 Å². The van der Waals surface area contributed by atoms with E-state index in [4.69, 9.17) is 9.47 Å². The Labute approximate surface area is 133 Å². The Kier molecular flexibility index (Phi) is 5.67. The molecule has 2 aromatic rings. The van der Waals surface area contributed by atoms with Crippen molar-refractivity contribution in [2.75, 3.05) is 18.6 Å². The Morgan fingerprint density at radius 3 is 2.65 bits per heavy atom. The zero-order valence-electron chi connectivity index (χ0n) is 13.3. The Morgan fingerprint density at radius 2 is 1.96 bits per heavy atom. The minimum absolute atomic E-state index is 0.174. The van der Waals surface area contributed by atoms with Crippen molar-refractivity contribution in [3.63, 3.8) is 0 Å². The van der Waals surface area contributed by atoms with Gasteiger partial charge in [-0.05, 0) is 44.5 Å². The molecule has 0 spiro atoms. The van der Waals surface area contributed by atoms with Crippen molar-refractivity contribution in [3.05, 3.63) is 39.8 Å². The third kappa shape index (κ3) is 4.53. The van der Waals surface area contributed by atoms with Gasteiger partial charge in [0.15, 0.2) is 11.5 Å². The third-order valence-electron chi connectivity index (χ3n) is 2.81. The van der Waals surface area contributed by atoms with Crippen LogP contribution in [0.1, 0.15) is 25.1 Å². The number of benzene rings is 1. The van der Waals surface area contributed by atoms with Crippen LogP contribution in [0.25, 0.3) is 0 Å². The van der Waals surface area contributed by atoms with Crippen LogP contribution >= 0.6 is 0 Å². The van der Waals surface area contributed by atoms with E-state index in [1.807, 2.05) is 32.0 Å². The minimum atomic E-state index is -0.308. The van der Waals surface area contributed by atoms with Gasteiger partial charge >= 0.3 is 0 Å². The zero-order valence-corrected chi connectivity index (χ0v) is 13.3. The molecule has 0 atom stereocenters. The summed E-state index contributed by atoms with van der Waals surface area (Å²) in [6, 6.07) is 5.49. The monoisotopic (exact) mass is 317 g/mol. The summed E-state index contributed by atoms with van der Waals surface area (Å²) in [5, 5.41) is 11.5. The number of ether oxygens (including phenoxy) is 2. The first-order chi connectivity index (χ1) is 11.1. The summed E-state index contributed by atoms with van der Waals surface area (Å²) in [4.78, 5) is 13.9. The number of H-pyrrole nitrogens is 1. The van der Waals surface area contributed by atoms with Crippen molar-refractivity contribution >= 4 is 12.2 Å². The van der Waals surface area contributed by atoms with E-state index in [2.05, 4.69) is 25.7 Å². The lowest BCUT2D eigenvalue weighted by Gasteiger charge is -2.11. The smallest absolute Gasteiger partial charge is 0.274 e. The average Bonchev–Trinajstić information content (AvgIpc) is 2.54. The van der Waals surface area contributed by atoms with Crippen LogP contribution in [0.4, 0.5) is 5.95 Å². The van der Waals surface area contributed by atoms with Gasteiger partial charge in [0.25, 0.3) is 5.56 Å². The van der Waals surface area contributed by atoms with Crippen LogP contribution in [0, 0.1) is 6.92 Å². The van der Waals surface area contributed by atoms with Crippen molar-refractivity contribution in [1.82, 2.24) is 15.2 Å². The number of aryl methyl sites for hydroxylation is 1. The van der Waals surface area contributed by atoms with Gasteiger partial charge in [0.1, 0.15) is 5.69 Å². The first-order valence-corrected chi connectivity index (χ1v) is 7.26. The van der Waals surface area contributed by atoms with E-state index in [1.54, 1.807) is 13.1 Å². The predicted molar refractivity (Wildman–Crippen MR) is 87.4 cm³/mol. The number of aromatic nitrogens is 3. The Morgan fingerprint density at radius 1 is 1.22 bits per heavy atom. The van der Waals surface area contributed by atoms with Crippen molar-refractivity contribution in [1.29, 1.82) is 0 Å². The molecule has 0 saturated heterocycles. The van der Waals surface area contributed by atoms with E-state index in [0.717, 1.165) is 5.56 Å². The van der Waals surface area contributed by atoms with Crippen LogP contribution < -0.4 is 20.5 Å². The molecule has 1 heterocycles. The number of hydrogen-bond donors (Lipinski definition) is 2. The highest BCUT2D eigenvalue weighted by atomic mass is 16.5. The maximum Gasteiger partial charge on any atom is 0.274 e. The number of nitrogens with one attached hydrogen (secondary N) is 2. The molecule has 0 radical (unpaired) electrons. The first kappa shape index (κ1) is 16.5. The molecule has 1 aromatic heterocycles. The number of hydrogen-bond acceptors (Lipinski definition) is 7. The topological polar surface area (TPSA) is 101 Å². The number of aromatic amines is 1. The zero-order chi connectivity index (χ0) is 16.7. The van der Waals surface area contributed by atoms with Gasteiger partial charge in [0.2, 0.25) is 5.95 Å². The quantitative estimate of drug-likeness (QED) is 0.595. The molecule has 8 heteroatoms. The predicted octanol–water partition coefficient (Wildman–Crippen LogP) is 1.72. The standard InChI is InChI=1S/C15H19N5O3/c1-4-22-12-7-6-11(8-13(12)23-5-2)9-16-19-15-17-14(21)10(3)18-20-15/h6-9H,4-5H2,1-3H3,(H2,17,19,20,21)/b16-9-. The molecule has 2 rings (SSSR count). The molecular formula is C15H19N5O3. The molecule has 0 saturated carbocycles. The second-order valence-corrected chi connectivity index (χ2v) is 4.53. The highest BCUT2D eigenvalue weighted by Crippen LogP contribution is 2.27. The normalized spacial score (nSPS) is 10.7. The number of anilines is 1. The van der Waals surface area contributed by atoms with Crippen LogP contribution in [0.5, 0.6) is 11.5 Å². The average molecular weight is 317 g/mol. The molecular weight excluding hydrogens is 298 g/mol. The summed E-state index contributed by atoms with van der Waals surface area (Å²) in [6.07, 6.45) is 1.58. The van der Waals surface area contributed by atoms with E-state index in [1.165, 1.54) is 0 Å². The van der Waals surface area contributed by atoms with E-state index in [0.29, 0.717) is 30.4 Å². The summed E-state index contributed by atoms with van der Waals surface area (Å²) in [5.74, 6) is 1.52. The molecule has 23 heavy (non-hydrogen) atoms. The molecule has 0 aliphatic carbocycles. The molecule has 122 valence electrons. The molecule has 1 aromatic carbocycles. The number of rotatable bonds is 7. The van der Waals surface area contributed by atoms with Gasteiger partial charge in [0.05, 0.1) is 19.4 Å². The second kappa shape index (κ2) is 7.92. The maximum atomic E-state index is 11.4. The lowest BCUT2D eigenvalue weighted by Crippen LogP contribution is -2.15. The van der Waals surface area contributed by atoms with Gasteiger partial charge in [0, 0.05) is 0 Å². The fraction of sp³-hybridized carbons (Fsp3) is 0.333. The molecule has 2 N–H and O–H groups in total. The van der Waals surface area contributed by atoms with E-state index in [-0.39, 0.29) is 11.5 Å². The van der Waals surface area contributed by atoms with E-state index in [9.17, 15) is 4.79 Å². The molecule has 0 aliphatic heterocycles. The molecule has 0 aliphatic rings. The van der Waals surface area contributed by atoms with Crippen molar-refractivity contribution in [3.8, 4) is 11.5 Å². The summed E-state index contributed by atoms with van der Waals surface area (Å²) in [6.45, 7) is 6.50. The SMILES string of the molecule is CCOc1ccc(/C=N\Nc2nnc(C)c(=O)[nH]2)cc1OCC. The third-order valence-corrected chi connectivity index (χ3v) is 2.81. The number of nitrogens with zero attached hydrogens (tertiary/aromatic N) is 3. The highest BCUT2D eigenvalue weighted by molar-refractivity contribution is 5.81. The van der Waals surface area contributed by atoms with E-state index < -0.39 is 0 Å². The fourth-order valence-corrected chi connectivity index (χ4v) is 1.76. The van der Waals surface area contributed by atoms with E-state index >= 15 is 0 Å². The molecule has 0 unspecified atom stereocenters. The molecule has 0 fully saturated rings. The summed E-state index contributed by atoms with van der Waals surface area (Å²) >= 11 is 0. The minimum Gasteiger partial charge on any atom is -0.490 e. The van der Waals surface area contributed by atoms with Crippen molar-refractivity contribution < 1.29 is 9.47 Å². The summed E-state index contributed by atoms with van der Waals surface area (Å²) in [7, 11) is 0. The lowest BCUT2D eigenvalue weighted by atomic mass is 10.2. The molecule has 8 nitrogen and oxygen atoms in total. The Bertz CT molecular complexity index is 742. The van der Waals surface area contributed by atoms with Gasteiger partial charge in [-0.3, -0.25) is 9.78 Å². The van der Waals surface area contributed by atoms with Gasteiger partial charge in [-0.15, -0.1) is 10.2 Å². The summed E-state index contributed by atoms with van der Waals surface area (Å²) < 4.78 is 11.0. The lowest BCUT2D eigenvalue weighted by molar-refractivity contribution is 0.288. The van der Waals surface area contributed by atoms with Crippen LogP contribution in [0.15, 0.2) is 28.1 Å². The van der Waals surface area contributed by atoms with Crippen molar-refractivity contribution in [2.24, 2.45) is 5.10 Å². The van der Waals surface area contributed by atoms with Crippen LogP contribution in [-0.4, -0.2) is 34.6 Å². The largest absolute Gasteiger partial charge is 0.490 e. The Balaban J connectivity index is 2.10. The summed E-state index contributed by atoms with van der Waals surface area (Å²) in [5.41, 5.74) is 3.42. The van der Waals surface area contributed by atoms with Gasteiger partial charge < -0.3 is 9.47 Å². The first-order valence-electron chi connectivity index (χ1n) is 7.26. The molecule has 0 amide bonds.